The molecule has 0 spiro atoms. The average Bonchev–Trinajstić information content (AvgIpc) is 2.69. The molecule has 0 unspecified atom stereocenters. The molecule has 4 aromatic rings. The quantitative estimate of drug-likeness (QED) is 0.582. The fourth-order valence-electron chi connectivity index (χ4n) is 2.77. The molecule has 4 rings (SSSR count). The van der Waals surface area contributed by atoms with Gasteiger partial charge in [0.15, 0.2) is 5.82 Å². The third-order valence-corrected chi connectivity index (χ3v) is 4.01. The largest absolute Gasteiger partial charge is 0.338 e. The minimum absolute atomic E-state index is 0.626. The van der Waals surface area contributed by atoms with E-state index in [0.29, 0.717) is 11.4 Å². The molecule has 0 fully saturated rings. The summed E-state index contributed by atoms with van der Waals surface area (Å²) in [4.78, 5) is 0. The highest BCUT2D eigenvalue weighted by atomic mass is 15.2. The van der Waals surface area contributed by atoms with Crippen LogP contribution in [-0.4, -0.2) is 10.2 Å². The Kier molecular flexibility index (Phi) is 3.82. The van der Waals surface area contributed by atoms with E-state index in [9.17, 15) is 0 Å². The van der Waals surface area contributed by atoms with E-state index < -0.39 is 0 Å². The molecule has 4 heteroatoms. The van der Waals surface area contributed by atoms with Crippen LogP contribution in [-0.2, 0) is 0 Å². The van der Waals surface area contributed by atoms with E-state index in [1.807, 2.05) is 60.7 Å². The summed E-state index contributed by atoms with van der Waals surface area (Å²) in [6.45, 7) is 0. The third kappa shape index (κ3) is 2.91. The van der Waals surface area contributed by atoms with Gasteiger partial charge in [-0.25, -0.2) is 0 Å². The number of nitriles is 1. The van der Waals surface area contributed by atoms with E-state index in [1.54, 1.807) is 12.1 Å². The first-order chi connectivity index (χ1) is 12.3. The average molecular weight is 322 g/mol. The molecule has 0 saturated carbocycles. The highest BCUT2D eigenvalue weighted by Crippen LogP contribution is 2.30. The molecule has 1 aromatic heterocycles. The van der Waals surface area contributed by atoms with Gasteiger partial charge in [-0.2, -0.15) is 5.26 Å². The maximum Gasteiger partial charge on any atom is 0.161 e. The van der Waals surface area contributed by atoms with E-state index in [2.05, 4.69) is 27.6 Å². The predicted octanol–water partition coefficient (Wildman–Crippen LogP) is 4.91. The van der Waals surface area contributed by atoms with Gasteiger partial charge in [-0.3, -0.25) is 0 Å². The van der Waals surface area contributed by atoms with Gasteiger partial charge in [0.25, 0.3) is 0 Å². The minimum atomic E-state index is 0.626. The van der Waals surface area contributed by atoms with E-state index in [-0.39, 0.29) is 0 Å². The molecule has 0 aliphatic rings. The normalized spacial score (nSPS) is 10.4. The summed E-state index contributed by atoms with van der Waals surface area (Å²) in [6, 6.07) is 27.5. The van der Waals surface area contributed by atoms with Gasteiger partial charge in [-0.05, 0) is 24.3 Å². The number of hydrogen-bond acceptors (Lipinski definition) is 4. The van der Waals surface area contributed by atoms with Crippen LogP contribution in [0.15, 0.2) is 78.9 Å². The molecule has 1 N–H and O–H groups in total. The van der Waals surface area contributed by atoms with E-state index in [4.69, 9.17) is 5.26 Å². The third-order valence-electron chi connectivity index (χ3n) is 4.01. The van der Waals surface area contributed by atoms with Gasteiger partial charge in [0.1, 0.15) is 5.69 Å². The van der Waals surface area contributed by atoms with Crippen LogP contribution < -0.4 is 5.32 Å². The first-order valence-electron chi connectivity index (χ1n) is 7.93. The molecule has 118 valence electrons. The van der Waals surface area contributed by atoms with Gasteiger partial charge in [-0.1, -0.05) is 54.6 Å². The van der Waals surface area contributed by atoms with E-state index in [0.717, 1.165) is 27.7 Å². The molecular formula is C21H14N4. The zero-order valence-corrected chi connectivity index (χ0v) is 13.3. The van der Waals surface area contributed by atoms with Gasteiger partial charge in [-0.15, -0.1) is 10.2 Å². The highest BCUT2D eigenvalue weighted by Gasteiger charge is 2.10. The second-order valence-electron chi connectivity index (χ2n) is 5.62. The van der Waals surface area contributed by atoms with Crippen molar-refractivity contribution in [3.63, 3.8) is 0 Å². The fraction of sp³-hybridized carbons (Fsp3) is 0. The number of aromatic nitrogens is 2. The summed E-state index contributed by atoms with van der Waals surface area (Å²) in [5.41, 5.74) is 3.39. The molecule has 0 radical (unpaired) electrons. The highest BCUT2D eigenvalue weighted by molar-refractivity contribution is 6.00. The molecule has 0 amide bonds. The van der Waals surface area contributed by atoms with Gasteiger partial charge in [0.05, 0.1) is 11.6 Å². The SMILES string of the molecule is N#Cc1ccc(Nc2nnc(-c3ccccc3)c3ccccc23)cc1. The standard InChI is InChI=1S/C21H14N4/c22-14-15-10-12-17(13-11-15)23-21-19-9-5-4-8-18(19)20(24-25-21)16-6-2-1-3-7-16/h1-13H,(H,23,25). The van der Waals surface area contributed by atoms with Crippen molar-refractivity contribution in [1.82, 2.24) is 10.2 Å². The number of rotatable bonds is 3. The van der Waals surface area contributed by atoms with Crippen LogP contribution in [0.4, 0.5) is 11.5 Å². The van der Waals surface area contributed by atoms with Crippen molar-refractivity contribution in [3.05, 3.63) is 84.4 Å². The van der Waals surface area contributed by atoms with Gasteiger partial charge >= 0.3 is 0 Å². The molecule has 0 atom stereocenters. The van der Waals surface area contributed by atoms with Gasteiger partial charge in [0, 0.05) is 22.0 Å². The summed E-state index contributed by atoms with van der Waals surface area (Å²) < 4.78 is 0. The van der Waals surface area contributed by atoms with E-state index >= 15 is 0 Å². The first-order valence-corrected chi connectivity index (χ1v) is 7.93. The number of benzene rings is 3. The lowest BCUT2D eigenvalue weighted by atomic mass is 10.0. The molecule has 0 aliphatic heterocycles. The molecule has 0 saturated heterocycles. The molecular weight excluding hydrogens is 308 g/mol. The van der Waals surface area contributed by atoms with E-state index in [1.165, 1.54) is 0 Å². The summed E-state index contributed by atoms with van der Waals surface area (Å²) in [5.74, 6) is 0.694. The second-order valence-corrected chi connectivity index (χ2v) is 5.62. The molecule has 1 heterocycles. The Hall–Kier alpha value is -3.71. The lowest BCUT2D eigenvalue weighted by Gasteiger charge is -2.11. The van der Waals surface area contributed by atoms with Crippen molar-refractivity contribution < 1.29 is 0 Å². The molecule has 25 heavy (non-hydrogen) atoms. The van der Waals surface area contributed by atoms with Crippen molar-refractivity contribution in [1.29, 1.82) is 5.26 Å². The second kappa shape index (κ2) is 6.42. The van der Waals surface area contributed by atoms with Gasteiger partial charge in [0.2, 0.25) is 0 Å². The number of hydrogen-bond donors (Lipinski definition) is 1. The van der Waals surface area contributed by atoms with Crippen LogP contribution in [0, 0.1) is 11.3 Å². The fourth-order valence-corrected chi connectivity index (χ4v) is 2.77. The monoisotopic (exact) mass is 322 g/mol. The molecule has 4 nitrogen and oxygen atoms in total. The first kappa shape index (κ1) is 14.9. The van der Waals surface area contributed by atoms with Crippen LogP contribution in [0.1, 0.15) is 5.56 Å². The van der Waals surface area contributed by atoms with Crippen LogP contribution in [0.25, 0.3) is 22.0 Å². The lowest BCUT2D eigenvalue weighted by molar-refractivity contribution is 1.06. The van der Waals surface area contributed by atoms with Gasteiger partial charge < -0.3 is 5.32 Å². The van der Waals surface area contributed by atoms with Crippen molar-refractivity contribution >= 4 is 22.3 Å². The van der Waals surface area contributed by atoms with Crippen molar-refractivity contribution in [2.45, 2.75) is 0 Å². The lowest BCUT2D eigenvalue weighted by Crippen LogP contribution is -1.99. The summed E-state index contributed by atoms with van der Waals surface area (Å²) >= 11 is 0. The predicted molar refractivity (Wildman–Crippen MR) is 99.4 cm³/mol. The summed E-state index contributed by atoms with van der Waals surface area (Å²) in [7, 11) is 0. The number of nitrogens with one attached hydrogen (secondary N) is 1. The zero-order valence-electron chi connectivity index (χ0n) is 13.3. The topological polar surface area (TPSA) is 61.6 Å². The molecule has 0 bridgehead atoms. The van der Waals surface area contributed by atoms with Crippen LogP contribution in [0.5, 0.6) is 0 Å². The smallest absolute Gasteiger partial charge is 0.161 e. The Morgan fingerprint density at radius 3 is 2.12 bits per heavy atom. The van der Waals surface area contributed by atoms with Crippen LogP contribution >= 0.6 is 0 Å². The zero-order chi connectivity index (χ0) is 17.1. The Morgan fingerprint density at radius 2 is 1.40 bits per heavy atom. The molecule has 0 aliphatic carbocycles. The Labute approximate surface area is 145 Å². The minimum Gasteiger partial charge on any atom is -0.338 e. The van der Waals surface area contributed by atoms with Crippen molar-refractivity contribution in [2.75, 3.05) is 5.32 Å². The Morgan fingerprint density at radius 1 is 0.720 bits per heavy atom. The Bertz CT molecular complexity index is 1060. The van der Waals surface area contributed by atoms with Crippen molar-refractivity contribution in [2.24, 2.45) is 0 Å². The number of fused-ring (bicyclic) bond motifs is 1. The summed E-state index contributed by atoms with van der Waals surface area (Å²) in [5, 5.41) is 23.1. The van der Waals surface area contributed by atoms with Crippen molar-refractivity contribution in [3.8, 4) is 17.3 Å². The Balaban J connectivity index is 1.79. The number of anilines is 2. The maximum atomic E-state index is 8.91. The molecule has 3 aromatic carbocycles. The number of nitrogens with zero attached hydrogens (tertiary/aromatic N) is 3. The van der Waals surface area contributed by atoms with Crippen LogP contribution in [0.2, 0.25) is 0 Å². The summed E-state index contributed by atoms with van der Waals surface area (Å²) in [6.07, 6.45) is 0. The maximum absolute atomic E-state index is 8.91. The van der Waals surface area contributed by atoms with Crippen LogP contribution in [0.3, 0.4) is 0 Å².